The van der Waals surface area contributed by atoms with Gasteiger partial charge in [-0.2, -0.15) is 0 Å². The molecular formula is C20H26N4O. The predicted molar refractivity (Wildman–Crippen MR) is 100 cm³/mol. The van der Waals surface area contributed by atoms with Crippen LogP contribution in [-0.2, 0) is 0 Å². The maximum Gasteiger partial charge on any atom is 0.272 e. The molecule has 2 aromatic rings. The van der Waals surface area contributed by atoms with Gasteiger partial charge in [-0.05, 0) is 49.8 Å². The van der Waals surface area contributed by atoms with Crippen LogP contribution in [0.15, 0.2) is 30.3 Å². The highest BCUT2D eigenvalue weighted by Crippen LogP contribution is 2.21. The molecule has 5 heteroatoms. The van der Waals surface area contributed by atoms with Crippen LogP contribution in [-0.4, -0.2) is 33.9 Å². The number of benzene rings is 1. The first-order valence-corrected chi connectivity index (χ1v) is 9.05. The number of hydrogen-bond acceptors (Lipinski definition) is 4. The lowest BCUT2D eigenvalue weighted by Gasteiger charge is -2.26. The molecule has 0 saturated carbocycles. The van der Waals surface area contributed by atoms with Crippen molar-refractivity contribution < 1.29 is 4.79 Å². The largest absolute Gasteiger partial charge is 0.340 e. The molecule has 1 amide bonds. The zero-order valence-electron chi connectivity index (χ0n) is 15.2. The lowest BCUT2D eigenvalue weighted by Crippen LogP contribution is -2.36. The molecule has 0 unspecified atom stereocenters. The topological polar surface area (TPSA) is 58.1 Å². The van der Waals surface area contributed by atoms with E-state index in [9.17, 15) is 4.79 Å². The molecule has 2 heterocycles. The number of piperidine rings is 1. The highest BCUT2D eigenvalue weighted by Gasteiger charge is 2.20. The second kappa shape index (κ2) is 7.64. The zero-order chi connectivity index (χ0) is 17.8. The summed E-state index contributed by atoms with van der Waals surface area (Å²) in [7, 11) is 0. The van der Waals surface area contributed by atoms with Gasteiger partial charge >= 0.3 is 0 Å². The summed E-state index contributed by atoms with van der Waals surface area (Å²) in [5.74, 6) is 1.77. The van der Waals surface area contributed by atoms with Crippen molar-refractivity contribution in [3.05, 3.63) is 47.4 Å². The molecular weight excluding hydrogens is 312 g/mol. The fourth-order valence-electron chi connectivity index (χ4n) is 3.10. The second-order valence-electron chi connectivity index (χ2n) is 6.94. The molecule has 0 radical (unpaired) electrons. The van der Waals surface area contributed by atoms with E-state index < -0.39 is 0 Å². The molecule has 0 bridgehead atoms. The Hall–Kier alpha value is -2.43. The molecule has 5 nitrogen and oxygen atoms in total. The van der Waals surface area contributed by atoms with Crippen LogP contribution in [0.3, 0.4) is 0 Å². The lowest BCUT2D eigenvalue weighted by molar-refractivity contribution is 0.0718. The number of carbonyl (C=O) groups excluding carboxylic acids is 1. The van der Waals surface area contributed by atoms with Crippen molar-refractivity contribution in [1.82, 2.24) is 14.9 Å². The van der Waals surface area contributed by atoms with Gasteiger partial charge < -0.3 is 10.2 Å². The molecule has 1 aromatic heterocycles. The van der Waals surface area contributed by atoms with Crippen LogP contribution in [0.4, 0.5) is 11.5 Å². The molecule has 25 heavy (non-hydrogen) atoms. The Morgan fingerprint density at radius 1 is 1.08 bits per heavy atom. The van der Waals surface area contributed by atoms with Gasteiger partial charge in [-0.25, -0.2) is 9.97 Å². The Morgan fingerprint density at radius 3 is 2.40 bits per heavy atom. The molecule has 0 aliphatic carbocycles. The van der Waals surface area contributed by atoms with Crippen LogP contribution in [0.1, 0.15) is 60.9 Å². The normalized spacial score (nSPS) is 14.6. The maximum absolute atomic E-state index is 12.7. The fourth-order valence-corrected chi connectivity index (χ4v) is 3.10. The highest BCUT2D eigenvalue weighted by atomic mass is 16.2. The molecule has 1 aliphatic rings. The van der Waals surface area contributed by atoms with Crippen molar-refractivity contribution in [3.63, 3.8) is 0 Å². The van der Waals surface area contributed by atoms with Crippen molar-refractivity contribution in [1.29, 1.82) is 0 Å². The van der Waals surface area contributed by atoms with E-state index in [1.807, 2.05) is 24.0 Å². The summed E-state index contributed by atoms with van der Waals surface area (Å²) in [6.07, 6.45) is 3.35. The van der Waals surface area contributed by atoms with Crippen molar-refractivity contribution >= 4 is 17.4 Å². The van der Waals surface area contributed by atoms with E-state index in [4.69, 9.17) is 0 Å². The third kappa shape index (κ3) is 4.35. The summed E-state index contributed by atoms with van der Waals surface area (Å²) >= 11 is 0. The summed E-state index contributed by atoms with van der Waals surface area (Å²) in [6, 6.07) is 10.1. The van der Waals surface area contributed by atoms with E-state index in [1.54, 1.807) is 6.07 Å². The molecule has 1 aliphatic heterocycles. The lowest BCUT2D eigenvalue weighted by atomic mass is 10.0. The van der Waals surface area contributed by atoms with Crippen LogP contribution in [0, 0.1) is 6.92 Å². The summed E-state index contributed by atoms with van der Waals surface area (Å²) in [4.78, 5) is 23.3. The van der Waals surface area contributed by atoms with Crippen LogP contribution in [0.5, 0.6) is 0 Å². The standard InChI is InChI=1S/C20H26N4O/c1-14(2)16-7-9-17(10-8-16)23-19-13-18(21-15(3)22-19)20(25)24-11-5-4-6-12-24/h7-10,13-14H,4-6,11-12H2,1-3H3,(H,21,22,23). The van der Waals surface area contributed by atoms with Crippen molar-refractivity contribution in [3.8, 4) is 0 Å². The van der Waals surface area contributed by atoms with Gasteiger partial charge in [-0.1, -0.05) is 26.0 Å². The van der Waals surface area contributed by atoms with Gasteiger partial charge in [-0.3, -0.25) is 4.79 Å². The van der Waals surface area contributed by atoms with E-state index in [1.165, 1.54) is 12.0 Å². The van der Waals surface area contributed by atoms with Gasteiger partial charge in [-0.15, -0.1) is 0 Å². The van der Waals surface area contributed by atoms with E-state index >= 15 is 0 Å². The van der Waals surface area contributed by atoms with Gasteiger partial charge in [0, 0.05) is 24.8 Å². The number of amides is 1. The van der Waals surface area contributed by atoms with Gasteiger partial charge in [0.25, 0.3) is 5.91 Å². The average Bonchev–Trinajstić information content (AvgIpc) is 2.62. The number of likely N-dealkylation sites (tertiary alicyclic amines) is 1. The molecule has 1 aromatic carbocycles. The third-order valence-corrected chi connectivity index (χ3v) is 4.55. The maximum atomic E-state index is 12.7. The van der Waals surface area contributed by atoms with Crippen LogP contribution in [0.2, 0.25) is 0 Å². The molecule has 1 fully saturated rings. The first-order chi connectivity index (χ1) is 12.0. The highest BCUT2D eigenvalue weighted by molar-refractivity contribution is 5.93. The second-order valence-corrected chi connectivity index (χ2v) is 6.94. The van der Waals surface area contributed by atoms with Crippen molar-refractivity contribution in [2.45, 2.75) is 46.0 Å². The van der Waals surface area contributed by atoms with Crippen LogP contribution in [0.25, 0.3) is 0 Å². The first kappa shape index (κ1) is 17.4. The Labute approximate surface area is 149 Å². The number of rotatable bonds is 4. The smallest absolute Gasteiger partial charge is 0.272 e. The number of aromatic nitrogens is 2. The summed E-state index contributed by atoms with van der Waals surface area (Å²) in [5, 5.41) is 3.29. The number of aryl methyl sites for hydroxylation is 1. The van der Waals surface area contributed by atoms with Gasteiger partial charge in [0.1, 0.15) is 17.3 Å². The van der Waals surface area contributed by atoms with Crippen molar-refractivity contribution in [2.24, 2.45) is 0 Å². The minimum atomic E-state index is 0.00315. The molecule has 1 saturated heterocycles. The minimum Gasteiger partial charge on any atom is -0.340 e. The van der Waals surface area contributed by atoms with Gasteiger partial charge in [0.05, 0.1) is 0 Å². The quantitative estimate of drug-likeness (QED) is 0.904. The van der Waals surface area contributed by atoms with E-state index in [0.717, 1.165) is 31.6 Å². The minimum absolute atomic E-state index is 0.00315. The molecule has 0 atom stereocenters. The molecule has 1 N–H and O–H groups in total. The molecule has 132 valence electrons. The Morgan fingerprint density at radius 2 is 1.76 bits per heavy atom. The zero-order valence-corrected chi connectivity index (χ0v) is 15.2. The third-order valence-electron chi connectivity index (χ3n) is 4.55. The van der Waals surface area contributed by atoms with E-state index in [2.05, 4.69) is 41.3 Å². The van der Waals surface area contributed by atoms with Crippen molar-refractivity contribution in [2.75, 3.05) is 18.4 Å². The number of hydrogen-bond donors (Lipinski definition) is 1. The summed E-state index contributed by atoms with van der Waals surface area (Å²) < 4.78 is 0. The summed E-state index contributed by atoms with van der Waals surface area (Å²) in [5.41, 5.74) is 2.72. The fraction of sp³-hybridized carbons (Fsp3) is 0.450. The van der Waals surface area contributed by atoms with Gasteiger partial charge in [0.15, 0.2) is 0 Å². The number of nitrogens with one attached hydrogen (secondary N) is 1. The Bertz CT molecular complexity index is 734. The SMILES string of the molecule is Cc1nc(Nc2ccc(C(C)C)cc2)cc(C(=O)N2CCCCC2)n1. The van der Waals surface area contributed by atoms with Crippen LogP contribution < -0.4 is 5.32 Å². The van der Waals surface area contributed by atoms with E-state index in [0.29, 0.717) is 23.3 Å². The molecule has 0 spiro atoms. The number of anilines is 2. The first-order valence-electron chi connectivity index (χ1n) is 9.05. The molecule has 3 rings (SSSR count). The number of carbonyl (C=O) groups is 1. The van der Waals surface area contributed by atoms with Gasteiger partial charge in [0.2, 0.25) is 0 Å². The van der Waals surface area contributed by atoms with E-state index in [-0.39, 0.29) is 5.91 Å². The Kier molecular flexibility index (Phi) is 5.31. The predicted octanol–water partition coefficient (Wildman–Crippen LogP) is 4.28. The van der Waals surface area contributed by atoms with Crippen LogP contribution >= 0.6 is 0 Å². The monoisotopic (exact) mass is 338 g/mol. The Balaban J connectivity index is 1.77. The summed E-state index contributed by atoms with van der Waals surface area (Å²) in [6.45, 7) is 7.81. The number of nitrogens with zero attached hydrogens (tertiary/aromatic N) is 3. The average molecular weight is 338 g/mol.